The van der Waals surface area contributed by atoms with Gasteiger partial charge in [-0.2, -0.15) is 0 Å². The topological polar surface area (TPSA) is 69.2 Å². The molecule has 0 aliphatic carbocycles. The van der Waals surface area contributed by atoms with Crippen LogP contribution < -0.4 is 5.73 Å². The summed E-state index contributed by atoms with van der Waals surface area (Å²) >= 11 is 0. The van der Waals surface area contributed by atoms with Crippen molar-refractivity contribution in [3.05, 3.63) is 33.9 Å². The number of nitrogens with two attached hydrogens (primary N) is 1. The van der Waals surface area contributed by atoms with E-state index in [1.807, 2.05) is 6.07 Å². The Morgan fingerprint density at radius 3 is 2.79 bits per heavy atom. The first-order valence-corrected chi connectivity index (χ1v) is 4.68. The standard InChI is InChI=1S/C10H14N2O2/c1-2-3-4-8-5-6-9(11)10(7-8)12(13)14/h5-7H,2-4,11H2,1H3. The second-order valence-electron chi connectivity index (χ2n) is 3.25. The molecule has 4 heteroatoms. The van der Waals surface area contributed by atoms with Crippen molar-refractivity contribution in [3.8, 4) is 0 Å². The molecule has 0 fully saturated rings. The number of hydrogen-bond donors (Lipinski definition) is 1. The van der Waals surface area contributed by atoms with E-state index in [-0.39, 0.29) is 11.4 Å². The molecule has 0 radical (unpaired) electrons. The first-order chi connectivity index (χ1) is 6.65. The SMILES string of the molecule is CCCCc1ccc(N)c([N+](=O)[O-])c1. The molecule has 4 nitrogen and oxygen atoms in total. The van der Waals surface area contributed by atoms with Gasteiger partial charge >= 0.3 is 0 Å². The highest BCUT2D eigenvalue weighted by atomic mass is 16.6. The number of nitrogen functional groups attached to an aromatic ring is 1. The first-order valence-electron chi connectivity index (χ1n) is 4.68. The Labute approximate surface area is 82.9 Å². The molecule has 76 valence electrons. The molecule has 0 aromatic heterocycles. The van der Waals surface area contributed by atoms with Crippen LogP contribution in [-0.4, -0.2) is 4.92 Å². The van der Waals surface area contributed by atoms with E-state index in [4.69, 9.17) is 5.73 Å². The van der Waals surface area contributed by atoms with Gasteiger partial charge in [-0.25, -0.2) is 0 Å². The molecule has 0 heterocycles. The molecule has 2 N–H and O–H groups in total. The van der Waals surface area contributed by atoms with Crippen LogP contribution in [0.15, 0.2) is 18.2 Å². The van der Waals surface area contributed by atoms with Crippen LogP contribution >= 0.6 is 0 Å². The van der Waals surface area contributed by atoms with Crippen LogP contribution in [0.3, 0.4) is 0 Å². The van der Waals surface area contributed by atoms with Gasteiger partial charge in [-0.3, -0.25) is 10.1 Å². The van der Waals surface area contributed by atoms with Crippen LogP contribution in [0.4, 0.5) is 11.4 Å². The lowest BCUT2D eigenvalue weighted by Crippen LogP contribution is -1.97. The maximum absolute atomic E-state index is 10.6. The van der Waals surface area contributed by atoms with Gasteiger partial charge in [0.25, 0.3) is 5.69 Å². The molecular formula is C10H14N2O2. The summed E-state index contributed by atoms with van der Waals surface area (Å²) in [4.78, 5) is 10.1. The third-order valence-corrected chi connectivity index (χ3v) is 2.11. The van der Waals surface area contributed by atoms with Gasteiger partial charge < -0.3 is 5.73 Å². The summed E-state index contributed by atoms with van der Waals surface area (Å²) < 4.78 is 0. The van der Waals surface area contributed by atoms with E-state index in [1.165, 1.54) is 0 Å². The first kappa shape index (κ1) is 10.5. The normalized spacial score (nSPS) is 10.1. The fraction of sp³-hybridized carbons (Fsp3) is 0.400. The van der Waals surface area contributed by atoms with Gasteiger partial charge in [0.15, 0.2) is 0 Å². The molecule has 0 saturated heterocycles. The number of hydrogen-bond acceptors (Lipinski definition) is 3. The van der Waals surface area contributed by atoms with Crippen molar-refractivity contribution in [2.24, 2.45) is 0 Å². The number of nitrogens with zero attached hydrogens (tertiary/aromatic N) is 1. The molecule has 0 aliphatic rings. The van der Waals surface area contributed by atoms with Gasteiger partial charge in [-0.05, 0) is 24.5 Å². The number of unbranched alkanes of at least 4 members (excludes halogenated alkanes) is 1. The van der Waals surface area contributed by atoms with Gasteiger partial charge in [-0.15, -0.1) is 0 Å². The maximum atomic E-state index is 10.6. The molecule has 0 unspecified atom stereocenters. The highest BCUT2D eigenvalue weighted by Crippen LogP contribution is 2.22. The smallest absolute Gasteiger partial charge is 0.292 e. The van der Waals surface area contributed by atoms with Crippen LogP contribution in [0, 0.1) is 10.1 Å². The minimum atomic E-state index is -0.440. The Kier molecular flexibility index (Phi) is 3.45. The molecule has 0 saturated carbocycles. The fourth-order valence-electron chi connectivity index (χ4n) is 1.28. The highest BCUT2D eigenvalue weighted by Gasteiger charge is 2.11. The van der Waals surface area contributed by atoms with Gasteiger partial charge in [0.1, 0.15) is 5.69 Å². The number of rotatable bonds is 4. The second kappa shape index (κ2) is 4.60. The lowest BCUT2D eigenvalue weighted by Gasteiger charge is -2.01. The summed E-state index contributed by atoms with van der Waals surface area (Å²) in [5.74, 6) is 0. The predicted molar refractivity (Wildman–Crippen MR) is 56.1 cm³/mol. The van der Waals surface area contributed by atoms with Crippen molar-refractivity contribution >= 4 is 11.4 Å². The molecule has 1 aromatic rings. The summed E-state index contributed by atoms with van der Waals surface area (Å²) in [6, 6.07) is 5.01. The zero-order valence-corrected chi connectivity index (χ0v) is 8.19. The van der Waals surface area contributed by atoms with Crippen molar-refractivity contribution in [3.63, 3.8) is 0 Å². The Balaban J connectivity index is 2.89. The van der Waals surface area contributed by atoms with Crippen LogP contribution in [0.2, 0.25) is 0 Å². The molecule has 0 amide bonds. The number of aryl methyl sites for hydroxylation is 1. The van der Waals surface area contributed by atoms with Crippen molar-refractivity contribution in [2.45, 2.75) is 26.2 Å². The third-order valence-electron chi connectivity index (χ3n) is 2.11. The van der Waals surface area contributed by atoms with Crippen molar-refractivity contribution < 1.29 is 4.92 Å². The summed E-state index contributed by atoms with van der Waals surface area (Å²) in [5.41, 5.74) is 6.70. The van der Waals surface area contributed by atoms with Gasteiger partial charge in [-0.1, -0.05) is 19.4 Å². The van der Waals surface area contributed by atoms with E-state index in [9.17, 15) is 10.1 Å². The Hall–Kier alpha value is -1.58. The lowest BCUT2D eigenvalue weighted by atomic mass is 10.1. The third kappa shape index (κ3) is 2.45. The molecule has 0 atom stereocenters. The van der Waals surface area contributed by atoms with E-state index < -0.39 is 4.92 Å². The minimum absolute atomic E-state index is 0.0126. The molecule has 0 bridgehead atoms. The van der Waals surface area contributed by atoms with E-state index in [1.54, 1.807) is 12.1 Å². The Morgan fingerprint density at radius 2 is 2.21 bits per heavy atom. The van der Waals surface area contributed by atoms with E-state index >= 15 is 0 Å². The number of nitro groups is 1. The lowest BCUT2D eigenvalue weighted by molar-refractivity contribution is -0.384. The monoisotopic (exact) mass is 194 g/mol. The number of benzene rings is 1. The van der Waals surface area contributed by atoms with Gasteiger partial charge in [0.05, 0.1) is 4.92 Å². The van der Waals surface area contributed by atoms with Crippen molar-refractivity contribution in [1.82, 2.24) is 0 Å². The quantitative estimate of drug-likeness (QED) is 0.455. The second-order valence-corrected chi connectivity index (χ2v) is 3.25. The molecule has 0 spiro atoms. The summed E-state index contributed by atoms with van der Waals surface area (Å²) in [6.45, 7) is 2.09. The maximum Gasteiger partial charge on any atom is 0.292 e. The molecule has 0 aliphatic heterocycles. The minimum Gasteiger partial charge on any atom is -0.393 e. The van der Waals surface area contributed by atoms with Crippen LogP contribution in [0.5, 0.6) is 0 Å². The van der Waals surface area contributed by atoms with Crippen LogP contribution in [0.25, 0.3) is 0 Å². The molecule has 1 aromatic carbocycles. The van der Waals surface area contributed by atoms with Crippen molar-refractivity contribution in [2.75, 3.05) is 5.73 Å². The molecule has 14 heavy (non-hydrogen) atoms. The summed E-state index contributed by atoms with van der Waals surface area (Å²) in [6.07, 6.45) is 3.00. The number of nitro benzene ring substituents is 1. The summed E-state index contributed by atoms with van der Waals surface area (Å²) in [7, 11) is 0. The van der Waals surface area contributed by atoms with Gasteiger partial charge in [0, 0.05) is 6.07 Å². The van der Waals surface area contributed by atoms with E-state index in [0.29, 0.717) is 0 Å². The average molecular weight is 194 g/mol. The van der Waals surface area contributed by atoms with Crippen LogP contribution in [-0.2, 0) is 6.42 Å². The van der Waals surface area contributed by atoms with E-state index in [0.717, 1.165) is 24.8 Å². The Bertz CT molecular complexity index is 337. The van der Waals surface area contributed by atoms with E-state index in [2.05, 4.69) is 6.92 Å². The number of anilines is 1. The molecule has 1 rings (SSSR count). The van der Waals surface area contributed by atoms with Gasteiger partial charge in [0.2, 0.25) is 0 Å². The fourth-order valence-corrected chi connectivity index (χ4v) is 1.28. The van der Waals surface area contributed by atoms with Crippen LogP contribution in [0.1, 0.15) is 25.3 Å². The zero-order chi connectivity index (χ0) is 10.6. The van der Waals surface area contributed by atoms with Crippen molar-refractivity contribution in [1.29, 1.82) is 0 Å². The zero-order valence-electron chi connectivity index (χ0n) is 8.19. The molecular weight excluding hydrogens is 180 g/mol. The Morgan fingerprint density at radius 1 is 1.50 bits per heavy atom. The average Bonchev–Trinajstić information content (AvgIpc) is 2.16. The predicted octanol–water partition coefficient (Wildman–Crippen LogP) is 2.52. The highest BCUT2D eigenvalue weighted by molar-refractivity contribution is 5.59. The summed E-state index contributed by atoms with van der Waals surface area (Å²) in [5, 5.41) is 10.6. The largest absolute Gasteiger partial charge is 0.393 e.